The lowest BCUT2D eigenvalue weighted by Crippen LogP contribution is -2.31. The predicted molar refractivity (Wildman–Crippen MR) is 86.6 cm³/mol. The minimum atomic E-state index is 0.580. The third kappa shape index (κ3) is 4.06. The zero-order valence-corrected chi connectivity index (χ0v) is 13.8. The Morgan fingerprint density at radius 3 is 2.84 bits per heavy atom. The quantitative estimate of drug-likeness (QED) is 0.709. The van der Waals surface area contributed by atoms with Crippen LogP contribution in [0.4, 0.5) is 0 Å². The smallest absolute Gasteiger partial charge is 0.0328 e. The van der Waals surface area contributed by atoms with Crippen molar-refractivity contribution in [3.05, 3.63) is 33.8 Å². The van der Waals surface area contributed by atoms with E-state index in [0.717, 1.165) is 0 Å². The highest BCUT2D eigenvalue weighted by Crippen LogP contribution is 2.33. The van der Waals surface area contributed by atoms with Gasteiger partial charge in [-0.15, -0.1) is 0 Å². The summed E-state index contributed by atoms with van der Waals surface area (Å²) in [7, 11) is 0. The van der Waals surface area contributed by atoms with Crippen molar-refractivity contribution in [3.8, 4) is 0 Å². The molecular formula is C17H26BrN. The number of unbranched alkanes of at least 4 members (excludes halogenated alkanes) is 1. The molecule has 0 bridgehead atoms. The molecule has 1 aromatic rings. The minimum Gasteiger partial charge on any atom is -0.307 e. The maximum atomic E-state index is 3.91. The first kappa shape index (κ1) is 15.1. The van der Waals surface area contributed by atoms with E-state index in [9.17, 15) is 0 Å². The first-order chi connectivity index (χ1) is 9.24. The van der Waals surface area contributed by atoms with Crippen LogP contribution in [0.15, 0.2) is 22.7 Å². The van der Waals surface area contributed by atoms with Crippen LogP contribution in [0.1, 0.15) is 69.5 Å². The maximum absolute atomic E-state index is 3.91. The van der Waals surface area contributed by atoms with Gasteiger partial charge < -0.3 is 5.32 Å². The monoisotopic (exact) mass is 323 g/mol. The number of fused-ring (bicyclic) bond motifs is 1. The highest BCUT2D eigenvalue weighted by atomic mass is 79.9. The van der Waals surface area contributed by atoms with Crippen LogP contribution >= 0.6 is 15.9 Å². The molecule has 0 saturated carbocycles. The van der Waals surface area contributed by atoms with Gasteiger partial charge in [-0.05, 0) is 48.9 Å². The molecule has 0 aliphatic heterocycles. The van der Waals surface area contributed by atoms with Crippen molar-refractivity contribution in [3.63, 3.8) is 0 Å². The minimum absolute atomic E-state index is 0.580. The molecule has 0 aromatic heterocycles. The summed E-state index contributed by atoms with van der Waals surface area (Å²) in [6.07, 6.45) is 9.04. The van der Waals surface area contributed by atoms with Crippen LogP contribution in [-0.4, -0.2) is 6.04 Å². The van der Waals surface area contributed by atoms with Crippen LogP contribution in [0, 0.1) is 0 Å². The third-order valence-corrected chi connectivity index (χ3v) is 4.66. The lowest BCUT2D eigenvalue weighted by molar-refractivity contribution is 0.381. The summed E-state index contributed by atoms with van der Waals surface area (Å²) in [5.41, 5.74) is 3.05. The van der Waals surface area contributed by atoms with Crippen molar-refractivity contribution in [2.24, 2.45) is 0 Å². The summed E-state index contributed by atoms with van der Waals surface area (Å²) in [5.74, 6) is 0. The van der Waals surface area contributed by atoms with Gasteiger partial charge in [0, 0.05) is 16.6 Å². The summed E-state index contributed by atoms with van der Waals surface area (Å²) < 4.78 is 1.21. The molecule has 2 atom stereocenters. The molecule has 1 aliphatic rings. The highest BCUT2D eigenvalue weighted by Gasteiger charge is 2.24. The third-order valence-electron chi connectivity index (χ3n) is 4.16. The summed E-state index contributed by atoms with van der Waals surface area (Å²) in [6, 6.07) is 8.05. The van der Waals surface area contributed by atoms with E-state index < -0.39 is 0 Å². The second kappa shape index (κ2) is 7.44. The Labute approximate surface area is 126 Å². The van der Waals surface area contributed by atoms with E-state index in [1.165, 1.54) is 60.5 Å². The van der Waals surface area contributed by atoms with Crippen LogP contribution in [0.3, 0.4) is 0 Å². The van der Waals surface area contributed by atoms with Crippen LogP contribution in [0.5, 0.6) is 0 Å². The number of benzene rings is 1. The predicted octanol–water partition coefficient (Wildman–Crippen LogP) is 5.38. The number of aryl methyl sites for hydroxylation is 1. The molecule has 2 unspecified atom stereocenters. The lowest BCUT2D eigenvalue weighted by atomic mass is 10.0. The summed E-state index contributed by atoms with van der Waals surface area (Å²) >= 11 is 3.57. The average Bonchev–Trinajstić information content (AvgIpc) is 2.78. The van der Waals surface area contributed by atoms with Crippen molar-refractivity contribution >= 4 is 15.9 Å². The first-order valence-electron chi connectivity index (χ1n) is 7.79. The van der Waals surface area contributed by atoms with Gasteiger partial charge in [-0.1, -0.05) is 55.1 Å². The largest absolute Gasteiger partial charge is 0.307 e. The van der Waals surface area contributed by atoms with Gasteiger partial charge in [-0.25, -0.2) is 0 Å². The highest BCUT2D eigenvalue weighted by molar-refractivity contribution is 9.10. The topological polar surface area (TPSA) is 12.0 Å². The second-order valence-electron chi connectivity index (χ2n) is 5.73. The fourth-order valence-corrected chi connectivity index (χ4v) is 3.56. The van der Waals surface area contributed by atoms with Crippen molar-refractivity contribution in [1.29, 1.82) is 0 Å². The van der Waals surface area contributed by atoms with E-state index in [1.54, 1.807) is 0 Å². The molecule has 1 nitrogen and oxygen atoms in total. The van der Waals surface area contributed by atoms with Crippen LogP contribution in [0.2, 0.25) is 0 Å². The fraction of sp³-hybridized carbons (Fsp3) is 0.647. The zero-order chi connectivity index (χ0) is 13.7. The van der Waals surface area contributed by atoms with Crippen LogP contribution < -0.4 is 5.32 Å². The Kier molecular flexibility index (Phi) is 5.90. The SMILES string of the molecule is CCCCC(CCC)NC1CCc2cc(Br)ccc21. The number of halogens is 1. The molecule has 2 heteroatoms. The van der Waals surface area contributed by atoms with Gasteiger partial charge in [0.05, 0.1) is 0 Å². The molecule has 0 spiro atoms. The molecule has 0 saturated heterocycles. The summed E-state index contributed by atoms with van der Waals surface area (Å²) in [4.78, 5) is 0. The first-order valence-corrected chi connectivity index (χ1v) is 8.58. The molecule has 0 fully saturated rings. The van der Waals surface area contributed by atoms with E-state index in [1.807, 2.05) is 0 Å². The standard InChI is InChI=1S/C17H26BrN/c1-3-5-7-15(6-4-2)19-17-11-8-13-12-14(18)9-10-16(13)17/h9-10,12,15,17,19H,3-8,11H2,1-2H3. The van der Waals surface area contributed by atoms with E-state index in [4.69, 9.17) is 0 Å². The Balaban J connectivity index is 1.99. The number of rotatable bonds is 7. The molecule has 1 aliphatic carbocycles. The normalized spacial score (nSPS) is 19.4. The summed E-state index contributed by atoms with van der Waals surface area (Å²) in [6.45, 7) is 4.58. The van der Waals surface area contributed by atoms with Gasteiger partial charge in [-0.3, -0.25) is 0 Å². The zero-order valence-electron chi connectivity index (χ0n) is 12.2. The molecule has 1 aromatic carbocycles. The van der Waals surface area contributed by atoms with Gasteiger partial charge in [0.25, 0.3) is 0 Å². The van der Waals surface area contributed by atoms with Crippen molar-refractivity contribution < 1.29 is 0 Å². The van der Waals surface area contributed by atoms with Crippen LogP contribution in [-0.2, 0) is 6.42 Å². The maximum Gasteiger partial charge on any atom is 0.0328 e. The Morgan fingerprint density at radius 1 is 1.26 bits per heavy atom. The van der Waals surface area contributed by atoms with Crippen LogP contribution in [0.25, 0.3) is 0 Å². The Morgan fingerprint density at radius 2 is 2.11 bits per heavy atom. The average molecular weight is 324 g/mol. The lowest BCUT2D eigenvalue weighted by Gasteiger charge is -2.23. The van der Waals surface area contributed by atoms with Gasteiger partial charge in [-0.2, -0.15) is 0 Å². The molecule has 1 N–H and O–H groups in total. The molecule has 2 rings (SSSR count). The Bertz CT molecular complexity index is 402. The van der Waals surface area contributed by atoms with Gasteiger partial charge >= 0.3 is 0 Å². The number of hydrogen-bond acceptors (Lipinski definition) is 1. The second-order valence-corrected chi connectivity index (χ2v) is 6.64. The van der Waals surface area contributed by atoms with Gasteiger partial charge in [0.15, 0.2) is 0 Å². The molecular weight excluding hydrogens is 298 g/mol. The van der Waals surface area contributed by atoms with Gasteiger partial charge in [0.1, 0.15) is 0 Å². The molecule has 0 heterocycles. The number of nitrogens with one attached hydrogen (secondary N) is 1. The van der Waals surface area contributed by atoms with Gasteiger partial charge in [0.2, 0.25) is 0 Å². The van der Waals surface area contributed by atoms with E-state index >= 15 is 0 Å². The summed E-state index contributed by atoms with van der Waals surface area (Å²) in [5, 5.41) is 3.91. The van der Waals surface area contributed by atoms with Crippen molar-refractivity contribution in [1.82, 2.24) is 5.32 Å². The molecule has 106 valence electrons. The number of hydrogen-bond donors (Lipinski definition) is 1. The Hall–Kier alpha value is -0.340. The fourth-order valence-electron chi connectivity index (χ4n) is 3.15. The molecule has 0 radical (unpaired) electrons. The van der Waals surface area contributed by atoms with Crippen molar-refractivity contribution in [2.45, 2.75) is 70.9 Å². The molecule has 0 amide bonds. The molecule has 19 heavy (non-hydrogen) atoms. The van der Waals surface area contributed by atoms with E-state index in [-0.39, 0.29) is 0 Å². The van der Waals surface area contributed by atoms with Crippen molar-refractivity contribution in [2.75, 3.05) is 0 Å². The van der Waals surface area contributed by atoms with E-state index in [0.29, 0.717) is 12.1 Å². The van der Waals surface area contributed by atoms with E-state index in [2.05, 4.69) is 53.3 Å².